The SMILES string of the molecule is CCSC(=O)c1cc(C)n(C(C)C)c1C(F)(F)F. The van der Waals surface area contributed by atoms with Crippen molar-refractivity contribution in [2.45, 2.75) is 39.9 Å². The predicted molar refractivity (Wildman–Crippen MR) is 67.0 cm³/mol. The van der Waals surface area contributed by atoms with Crippen LogP contribution in [0.15, 0.2) is 6.07 Å². The van der Waals surface area contributed by atoms with Crippen LogP contribution in [0, 0.1) is 6.92 Å². The van der Waals surface area contributed by atoms with Gasteiger partial charge in [-0.15, -0.1) is 0 Å². The number of carbonyl (C=O) groups is 1. The largest absolute Gasteiger partial charge is 0.432 e. The molecule has 0 amide bonds. The lowest BCUT2D eigenvalue weighted by atomic mass is 10.2. The van der Waals surface area contributed by atoms with Crippen molar-refractivity contribution in [1.82, 2.24) is 4.57 Å². The van der Waals surface area contributed by atoms with Gasteiger partial charge in [0, 0.05) is 11.7 Å². The van der Waals surface area contributed by atoms with Gasteiger partial charge in [0.15, 0.2) is 0 Å². The first kappa shape index (κ1) is 15.1. The average Bonchev–Trinajstić information content (AvgIpc) is 2.55. The van der Waals surface area contributed by atoms with Crippen LogP contribution in [0.1, 0.15) is 48.6 Å². The van der Waals surface area contributed by atoms with Gasteiger partial charge < -0.3 is 4.57 Å². The molecule has 0 unspecified atom stereocenters. The Balaban J connectivity index is 3.44. The molecule has 0 spiro atoms. The van der Waals surface area contributed by atoms with Crippen LogP contribution in [-0.2, 0) is 6.18 Å². The van der Waals surface area contributed by atoms with Gasteiger partial charge in [0.1, 0.15) is 5.69 Å². The lowest BCUT2D eigenvalue weighted by molar-refractivity contribution is -0.144. The zero-order chi connectivity index (χ0) is 14.1. The van der Waals surface area contributed by atoms with Gasteiger partial charge in [-0.2, -0.15) is 13.2 Å². The molecule has 1 rings (SSSR count). The minimum Gasteiger partial charge on any atom is -0.338 e. The second-order valence-corrected chi connectivity index (χ2v) is 5.47. The number of carbonyl (C=O) groups excluding carboxylic acids is 1. The first-order valence-electron chi connectivity index (χ1n) is 5.66. The smallest absolute Gasteiger partial charge is 0.338 e. The molecule has 1 aromatic heterocycles. The molecule has 0 atom stereocenters. The van der Waals surface area contributed by atoms with Gasteiger partial charge in [0.05, 0.1) is 5.56 Å². The summed E-state index contributed by atoms with van der Waals surface area (Å²) in [6, 6.07) is 0.989. The molecule has 2 nitrogen and oxygen atoms in total. The Morgan fingerprint density at radius 2 is 2.00 bits per heavy atom. The van der Waals surface area contributed by atoms with Gasteiger partial charge in [-0.3, -0.25) is 4.79 Å². The number of rotatable bonds is 3. The van der Waals surface area contributed by atoms with Crippen molar-refractivity contribution in [2.24, 2.45) is 0 Å². The van der Waals surface area contributed by atoms with E-state index >= 15 is 0 Å². The molecule has 0 aliphatic heterocycles. The Morgan fingerprint density at radius 1 is 1.44 bits per heavy atom. The van der Waals surface area contributed by atoms with E-state index in [9.17, 15) is 18.0 Å². The lowest BCUT2D eigenvalue weighted by Crippen LogP contribution is -2.19. The van der Waals surface area contributed by atoms with Crippen LogP contribution >= 0.6 is 11.8 Å². The summed E-state index contributed by atoms with van der Waals surface area (Å²) in [5, 5.41) is -0.521. The van der Waals surface area contributed by atoms with E-state index in [-0.39, 0.29) is 11.6 Å². The van der Waals surface area contributed by atoms with Crippen LogP contribution in [0.4, 0.5) is 13.2 Å². The molecular weight excluding hydrogens is 263 g/mol. The van der Waals surface area contributed by atoms with Crippen molar-refractivity contribution in [3.8, 4) is 0 Å². The Morgan fingerprint density at radius 3 is 2.39 bits per heavy atom. The second-order valence-electron chi connectivity index (χ2n) is 4.23. The Hall–Kier alpha value is -0.910. The summed E-state index contributed by atoms with van der Waals surface area (Å²) in [7, 11) is 0. The predicted octanol–water partition coefficient (Wildman–Crippen LogP) is 4.29. The number of aryl methyl sites for hydroxylation is 1. The molecule has 0 radical (unpaired) electrons. The third kappa shape index (κ3) is 2.91. The number of hydrogen-bond acceptors (Lipinski definition) is 2. The zero-order valence-corrected chi connectivity index (χ0v) is 11.6. The molecule has 0 N–H and O–H groups in total. The van der Waals surface area contributed by atoms with E-state index in [4.69, 9.17) is 0 Å². The Kier molecular flexibility index (Phi) is 4.53. The molecular formula is C12H16F3NOS. The van der Waals surface area contributed by atoms with Crippen molar-refractivity contribution in [3.63, 3.8) is 0 Å². The monoisotopic (exact) mass is 279 g/mol. The van der Waals surface area contributed by atoms with Crippen molar-refractivity contribution in [3.05, 3.63) is 23.0 Å². The number of aromatic nitrogens is 1. The van der Waals surface area contributed by atoms with Crippen LogP contribution < -0.4 is 0 Å². The highest BCUT2D eigenvalue weighted by Gasteiger charge is 2.40. The summed E-state index contributed by atoms with van der Waals surface area (Å²) in [6.45, 7) is 6.66. The topological polar surface area (TPSA) is 22.0 Å². The maximum absolute atomic E-state index is 13.1. The van der Waals surface area contributed by atoms with Crippen molar-refractivity contribution < 1.29 is 18.0 Å². The molecule has 0 aliphatic rings. The van der Waals surface area contributed by atoms with Crippen LogP contribution in [-0.4, -0.2) is 15.4 Å². The first-order chi connectivity index (χ1) is 8.20. The van der Waals surface area contributed by atoms with E-state index in [1.165, 1.54) is 10.6 Å². The minimum atomic E-state index is -4.52. The number of halogens is 3. The van der Waals surface area contributed by atoms with Gasteiger partial charge in [-0.25, -0.2) is 0 Å². The fourth-order valence-corrected chi connectivity index (χ4v) is 2.55. The molecule has 6 heteroatoms. The zero-order valence-electron chi connectivity index (χ0n) is 10.8. The highest BCUT2D eigenvalue weighted by molar-refractivity contribution is 8.14. The van der Waals surface area contributed by atoms with Crippen molar-refractivity contribution in [1.29, 1.82) is 0 Å². The Bertz CT molecular complexity index is 449. The van der Waals surface area contributed by atoms with Crippen LogP contribution in [0.25, 0.3) is 0 Å². The maximum atomic E-state index is 13.1. The summed E-state index contributed by atoms with van der Waals surface area (Å²) in [4.78, 5) is 11.7. The molecule has 0 bridgehead atoms. The third-order valence-electron chi connectivity index (χ3n) is 2.51. The molecule has 0 fully saturated rings. The maximum Gasteiger partial charge on any atom is 0.432 e. The molecule has 1 heterocycles. The van der Waals surface area contributed by atoms with Crippen LogP contribution in [0.3, 0.4) is 0 Å². The fraction of sp³-hybridized carbons (Fsp3) is 0.583. The van der Waals surface area contributed by atoms with E-state index in [1.54, 1.807) is 27.7 Å². The first-order valence-corrected chi connectivity index (χ1v) is 6.64. The van der Waals surface area contributed by atoms with Crippen molar-refractivity contribution >= 4 is 16.9 Å². The normalized spacial score (nSPS) is 12.2. The van der Waals surface area contributed by atoms with Gasteiger partial charge in [-0.05, 0) is 32.6 Å². The summed E-state index contributed by atoms with van der Waals surface area (Å²) in [5.74, 6) is 0.460. The van der Waals surface area contributed by atoms with Crippen LogP contribution in [0.5, 0.6) is 0 Å². The number of thioether (sulfide) groups is 1. The fourth-order valence-electron chi connectivity index (χ4n) is 1.97. The molecule has 1 aromatic rings. The molecule has 0 saturated heterocycles. The van der Waals surface area contributed by atoms with Gasteiger partial charge >= 0.3 is 6.18 Å². The van der Waals surface area contributed by atoms with Crippen molar-refractivity contribution in [2.75, 3.05) is 5.75 Å². The average molecular weight is 279 g/mol. The van der Waals surface area contributed by atoms with E-state index in [1.807, 2.05) is 0 Å². The molecule has 0 saturated carbocycles. The number of alkyl halides is 3. The summed E-state index contributed by atoms with van der Waals surface area (Å²) < 4.78 is 40.5. The standard InChI is InChI=1S/C12H16F3NOS/c1-5-18-11(17)9-6-8(4)16(7(2)3)10(9)12(13,14)15/h6-7H,5H2,1-4H3. The molecule has 102 valence electrons. The quantitative estimate of drug-likeness (QED) is 0.823. The summed E-state index contributed by atoms with van der Waals surface area (Å²) in [6.07, 6.45) is -4.52. The molecule has 18 heavy (non-hydrogen) atoms. The third-order valence-corrected chi connectivity index (χ3v) is 3.28. The van der Waals surface area contributed by atoms with E-state index in [0.29, 0.717) is 11.4 Å². The van der Waals surface area contributed by atoms with E-state index < -0.39 is 17.0 Å². The van der Waals surface area contributed by atoms with Crippen LogP contribution in [0.2, 0.25) is 0 Å². The van der Waals surface area contributed by atoms with Gasteiger partial charge in [0.25, 0.3) is 0 Å². The molecule has 0 aliphatic carbocycles. The lowest BCUT2D eigenvalue weighted by Gasteiger charge is -2.18. The van der Waals surface area contributed by atoms with Gasteiger partial charge in [-0.1, -0.05) is 18.7 Å². The minimum absolute atomic E-state index is 0.236. The van der Waals surface area contributed by atoms with E-state index in [0.717, 1.165) is 11.8 Å². The summed E-state index contributed by atoms with van der Waals surface area (Å²) in [5.41, 5.74) is -0.612. The number of hydrogen-bond donors (Lipinski definition) is 0. The van der Waals surface area contributed by atoms with Gasteiger partial charge in [0.2, 0.25) is 5.12 Å². The number of nitrogens with zero attached hydrogens (tertiary/aromatic N) is 1. The highest BCUT2D eigenvalue weighted by atomic mass is 32.2. The Labute approximate surface area is 109 Å². The highest BCUT2D eigenvalue weighted by Crippen LogP contribution is 2.37. The summed E-state index contributed by atoms with van der Waals surface area (Å²) >= 11 is 0.896. The van der Waals surface area contributed by atoms with E-state index in [2.05, 4.69) is 0 Å². The second kappa shape index (κ2) is 5.38. The molecule has 0 aromatic carbocycles.